The van der Waals surface area contributed by atoms with Gasteiger partial charge in [0.2, 0.25) is 0 Å². The summed E-state index contributed by atoms with van der Waals surface area (Å²) in [5.74, 6) is 0.390. The van der Waals surface area contributed by atoms with Crippen LogP contribution in [0.1, 0.15) is 57.0 Å². The third-order valence-electron chi connectivity index (χ3n) is 5.07. The van der Waals surface area contributed by atoms with Crippen molar-refractivity contribution in [2.45, 2.75) is 63.9 Å². The lowest BCUT2D eigenvalue weighted by molar-refractivity contribution is -0.00828. The monoisotopic (exact) mass is 350 g/mol. The van der Waals surface area contributed by atoms with Gasteiger partial charge >= 0.3 is 6.09 Å². The van der Waals surface area contributed by atoms with Gasteiger partial charge in [0.1, 0.15) is 5.60 Å². The molecule has 25 heavy (non-hydrogen) atoms. The molecule has 3 aliphatic rings. The van der Waals surface area contributed by atoms with Crippen molar-refractivity contribution in [1.29, 1.82) is 0 Å². The van der Waals surface area contributed by atoms with Gasteiger partial charge in [-0.25, -0.2) is 9.48 Å². The van der Waals surface area contributed by atoms with Crippen molar-refractivity contribution in [3.63, 3.8) is 0 Å². The number of fused-ring (bicyclic) bond motifs is 3. The van der Waals surface area contributed by atoms with Crippen molar-refractivity contribution < 1.29 is 19.0 Å². The van der Waals surface area contributed by atoms with E-state index in [1.54, 1.807) is 4.90 Å². The van der Waals surface area contributed by atoms with Crippen LogP contribution in [0.3, 0.4) is 0 Å². The Morgan fingerprint density at radius 1 is 1.24 bits per heavy atom. The van der Waals surface area contributed by atoms with E-state index in [9.17, 15) is 4.79 Å². The molecule has 1 aromatic rings. The lowest BCUT2D eigenvalue weighted by Gasteiger charge is -2.27. The first-order chi connectivity index (χ1) is 11.9. The number of rotatable bonds is 1. The normalized spacial score (nSPS) is 27.1. The standard InChI is InChI=1S/C17H26N4O4/c1-17(2,3)25-16(22)20-8-12-14(9-20)24-10-13-15(18-19-21(12)13)11-4-6-23-7-5-11/h11-12,14H,4-10H2,1-3H3/t12-,14-/m1/s1. The summed E-state index contributed by atoms with van der Waals surface area (Å²) < 4.78 is 19.0. The average molecular weight is 350 g/mol. The molecule has 0 aliphatic carbocycles. The molecule has 138 valence electrons. The van der Waals surface area contributed by atoms with Gasteiger partial charge in [0.25, 0.3) is 0 Å². The fourth-order valence-corrected chi connectivity index (χ4v) is 3.84. The van der Waals surface area contributed by atoms with Gasteiger partial charge in [-0.2, -0.15) is 0 Å². The Morgan fingerprint density at radius 3 is 2.72 bits per heavy atom. The highest BCUT2D eigenvalue weighted by atomic mass is 16.6. The van der Waals surface area contributed by atoms with Crippen LogP contribution in [-0.2, 0) is 20.8 Å². The topological polar surface area (TPSA) is 78.7 Å². The predicted octanol–water partition coefficient (Wildman–Crippen LogP) is 1.86. The van der Waals surface area contributed by atoms with Gasteiger partial charge in [-0.3, -0.25) is 0 Å². The van der Waals surface area contributed by atoms with Crippen LogP contribution in [0.2, 0.25) is 0 Å². The summed E-state index contributed by atoms with van der Waals surface area (Å²) in [5, 5.41) is 8.86. The quantitative estimate of drug-likeness (QED) is 0.769. The molecular weight excluding hydrogens is 324 g/mol. The molecular formula is C17H26N4O4. The maximum absolute atomic E-state index is 12.4. The van der Waals surface area contributed by atoms with E-state index in [-0.39, 0.29) is 18.2 Å². The Kier molecular flexibility index (Phi) is 4.19. The Bertz CT molecular complexity index is 648. The summed E-state index contributed by atoms with van der Waals surface area (Å²) in [7, 11) is 0. The molecule has 4 heterocycles. The van der Waals surface area contributed by atoms with E-state index in [4.69, 9.17) is 14.2 Å². The molecule has 2 saturated heterocycles. The number of carbonyl (C=O) groups excluding carboxylic acids is 1. The highest BCUT2D eigenvalue weighted by Crippen LogP contribution is 2.36. The average Bonchev–Trinajstić information content (AvgIpc) is 3.17. The molecule has 2 fully saturated rings. The van der Waals surface area contributed by atoms with Gasteiger partial charge in [0.05, 0.1) is 36.7 Å². The van der Waals surface area contributed by atoms with Gasteiger partial charge in [0.15, 0.2) is 0 Å². The van der Waals surface area contributed by atoms with Gasteiger partial charge in [-0.15, -0.1) is 5.10 Å². The second-order valence-corrected chi connectivity index (χ2v) is 8.05. The van der Waals surface area contributed by atoms with Crippen LogP contribution in [-0.4, -0.2) is 64.0 Å². The molecule has 0 bridgehead atoms. The summed E-state index contributed by atoms with van der Waals surface area (Å²) in [6.45, 7) is 8.75. The first-order valence-electron chi connectivity index (χ1n) is 9.03. The molecule has 0 saturated carbocycles. The van der Waals surface area contributed by atoms with Crippen LogP contribution in [0.5, 0.6) is 0 Å². The maximum atomic E-state index is 12.4. The zero-order valence-corrected chi connectivity index (χ0v) is 15.1. The van der Waals surface area contributed by atoms with Crippen LogP contribution in [0.4, 0.5) is 4.79 Å². The highest BCUT2D eigenvalue weighted by Gasteiger charge is 2.44. The van der Waals surface area contributed by atoms with E-state index in [2.05, 4.69) is 10.3 Å². The third-order valence-corrected chi connectivity index (χ3v) is 5.07. The van der Waals surface area contributed by atoms with E-state index in [1.165, 1.54) is 0 Å². The Labute approximate surface area is 147 Å². The molecule has 4 rings (SSSR count). The fourth-order valence-electron chi connectivity index (χ4n) is 3.84. The van der Waals surface area contributed by atoms with Crippen molar-refractivity contribution in [1.82, 2.24) is 19.9 Å². The van der Waals surface area contributed by atoms with Gasteiger partial charge < -0.3 is 19.1 Å². The molecule has 2 atom stereocenters. The molecule has 8 nitrogen and oxygen atoms in total. The molecule has 0 unspecified atom stereocenters. The number of hydrogen-bond donors (Lipinski definition) is 0. The van der Waals surface area contributed by atoms with E-state index in [0.29, 0.717) is 25.6 Å². The summed E-state index contributed by atoms with van der Waals surface area (Å²) >= 11 is 0. The van der Waals surface area contributed by atoms with Crippen molar-refractivity contribution in [2.75, 3.05) is 26.3 Å². The second-order valence-electron chi connectivity index (χ2n) is 8.05. The van der Waals surface area contributed by atoms with Crippen LogP contribution in [0.15, 0.2) is 0 Å². The van der Waals surface area contributed by atoms with Crippen LogP contribution in [0.25, 0.3) is 0 Å². The minimum Gasteiger partial charge on any atom is -0.444 e. The Morgan fingerprint density at radius 2 is 2.00 bits per heavy atom. The van der Waals surface area contributed by atoms with Gasteiger partial charge in [-0.1, -0.05) is 5.21 Å². The van der Waals surface area contributed by atoms with Gasteiger partial charge in [0, 0.05) is 25.7 Å². The van der Waals surface area contributed by atoms with Crippen LogP contribution < -0.4 is 0 Å². The number of carbonyl (C=O) groups is 1. The van der Waals surface area contributed by atoms with E-state index in [1.807, 2.05) is 25.5 Å². The summed E-state index contributed by atoms with van der Waals surface area (Å²) in [6, 6.07) is 0.0114. The largest absolute Gasteiger partial charge is 0.444 e. The SMILES string of the molecule is CC(C)(C)OC(=O)N1C[C@@H]2[C@@H](C1)OCc1c(C3CCOCC3)nnn12. The number of hydrogen-bond acceptors (Lipinski definition) is 6. The van der Waals surface area contributed by atoms with E-state index in [0.717, 1.165) is 37.4 Å². The van der Waals surface area contributed by atoms with E-state index >= 15 is 0 Å². The number of nitrogens with zero attached hydrogens (tertiary/aromatic N) is 4. The minimum absolute atomic E-state index is 0.0114. The number of amides is 1. The first kappa shape index (κ1) is 16.8. The zero-order valence-electron chi connectivity index (χ0n) is 15.1. The molecule has 3 aliphatic heterocycles. The van der Waals surface area contributed by atoms with Crippen molar-refractivity contribution >= 4 is 6.09 Å². The lowest BCUT2D eigenvalue weighted by atomic mass is 9.94. The Hall–Kier alpha value is -1.67. The molecule has 1 amide bonds. The van der Waals surface area contributed by atoms with Crippen LogP contribution in [0, 0.1) is 0 Å². The van der Waals surface area contributed by atoms with Crippen molar-refractivity contribution in [3.8, 4) is 0 Å². The minimum atomic E-state index is -0.500. The number of likely N-dealkylation sites (tertiary alicyclic amines) is 1. The summed E-state index contributed by atoms with van der Waals surface area (Å²) in [5.41, 5.74) is 1.59. The van der Waals surface area contributed by atoms with Crippen LogP contribution >= 0.6 is 0 Å². The first-order valence-corrected chi connectivity index (χ1v) is 9.03. The second kappa shape index (κ2) is 6.25. The molecule has 1 aromatic heterocycles. The van der Waals surface area contributed by atoms with Crippen molar-refractivity contribution in [3.05, 3.63) is 11.4 Å². The summed E-state index contributed by atoms with van der Waals surface area (Å²) in [6.07, 6.45) is 1.61. The molecule has 0 N–H and O–H groups in total. The lowest BCUT2D eigenvalue weighted by Crippen LogP contribution is -2.36. The molecule has 0 spiro atoms. The third kappa shape index (κ3) is 3.25. The summed E-state index contributed by atoms with van der Waals surface area (Å²) in [4.78, 5) is 14.1. The fraction of sp³-hybridized carbons (Fsp3) is 0.824. The predicted molar refractivity (Wildman–Crippen MR) is 88.2 cm³/mol. The number of aromatic nitrogens is 3. The molecule has 0 aromatic carbocycles. The Balaban J connectivity index is 1.50. The maximum Gasteiger partial charge on any atom is 0.410 e. The number of ether oxygens (including phenoxy) is 3. The van der Waals surface area contributed by atoms with Gasteiger partial charge in [-0.05, 0) is 33.6 Å². The van der Waals surface area contributed by atoms with Crippen molar-refractivity contribution in [2.24, 2.45) is 0 Å². The zero-order chi connectivity index (χ0) is 17.6. The molecule has 8 heteroatoms. The highest BCUT2D eigenvalue weighted by molar-refractivity contribution is 5.68. The smallest absolute Gasteiger partial charge is 0.410 e. The molecule has 0 radical (unpaired) electrons. The van der Waals surface area contributed by atoms with E-state index < -0.39 is 5.60 Å².